The van der Waals surface area contributed by atoms with Gasteiger partial charge in [0.1, 0.15) is 0 Å². The Hall–Kier alpha value is -5.20. The minimum absolute atomic E-state index is 1.26. The molecule has 0 aliphatic carbocycles. The molecular weight excluding hydrogens is 516 g/mol. The molecule has 43 heavy (non-hydrogen) atoms. The van der Waals surface area contributed by atoms with Crippen molar-refractivity contribution < 1.29 is 0 Å². The van der Waals surface area contributed by atoms with Gasteiger partial charge in [-0.25, -0.2) is 0 Å². The summed E-state index contributed by atoms with van der Waals surface area (Å²) in [5.74, 6) is 0. The Morgan fingerprint density at radius 2 is 0.930 bits per heavy atom. The van der Waals surface area contributed by atoms with E-state index in [-0.39, 0.29) is 0 Å². The maximum Gasteiger partial charge on any atom is -0.00735 e. The lowest BCUT2D eigenvalue weighted by molar-refractivity contribution is 1.43. The molecule has 0 spiro atoms. The topological polar surface area (TPSA) is 0 Å². The molecule has 0 saturated heterocycles. The van der Waals surface area contributed by atoms with Gasteiger partial charge in [-0.2, -0.15) is 0 Å². The van der Waals surface area contributed by atoms with Crippen LogP contribution in [-0.2, 0) is 0 Å². The molecule has 0 radical (unpaired) electrons. The molecule has 0 heteroatoms. The molecule has 0 amide bonds. The molecule has 0 aliphatic heterocycles. The quantitative estimate of drug-likeness (QED) is 0.188. The first-order valence-corrected chi connectivity index (χ1v) is 15.0. The summed E-state index contributed by atoms with van der Waals surface area (Å²) in [6.07, 6.45) is 0. The average Bonchev–Trinajstić information content (AvgIpc) is 3.05. The Kier molecular flexibility index (Phi) is 6.97. The van der Waals surface area contributed by atoms with Crippen molar-refractivity contribution in [1.82, 2.24) is 0 Å². The van der Waals surface area contributed by atoms with Crippen LogP contribution in [0.1, 0.15) is 16.7 Å². The van der Waals surface area contributed by atoms with Crippen molar-refractivity contribution in [3.63, 3.8) is 0 Å². The summed E-state index contributed by atoms with van der Waals surface area (Å²) in [7, 11) is 0. The zero-order valence-corrected chi connectivity index (χ0v) is 24.9. The smallest absolute Gasteiger partial charge is 0.00735 e. The van der Waals surface area contributed by atoms with E-state index in [4.69, 9.17) is 0 Å². The SMILES string of the molecule is Cc1ccc2ccccc2c1.Cc1ccccc1-c1c(C)ccc2cc(-c3ccc4ccc5ccccc5c4c3)ccc12. The van der Waals surface area contributed by atoms with Gasteiger partial charge in [-0.1, -0.05) is 145 Å². The maximum absolute atomic E-state index is 2.34. The molecule has 0 fully saturated rings. The summed E-state index contributed by atoms with van der Waals surface area (Å²) < 4.78 is 0. The third kappa shape index (κ3) is 5.18. The van der Waals surface area contributed by atoms with Gasteiger partial charge in [-0.05, 0) is 109 Å². The first kappa shape index (κ1) is 26.7. The van der Waals surface area contributed by atoms with Crippen molar-refractivity contribution in [2.75, 3.05) is 0 Å². The van der Waals surface area contributed by atoms with Crippen LogP contribution in [0.2, 0.25) is 0 Å². The van der Waals surface area contributed by atoms with Gasteiger partial charge in [0.2, 0.25) is 0 Å². The lowest BCUT2D eigenvalue weighted by Gasteiger charge is -2.14. The van der Waals surface area contributed by atoms with Gasteiger partial charge in [0.05, 0.1) is 0 Å². The van der Waals surface area contributed by atoms with E-state index in [0.29, 0.717) is 0 Å². The molecule has 0 saturated carbocycles. The molecule has 0 nitrogen and oxygen atoms in total. The number of fused-ring (bicyclic) bond motifs is 5. The number of hydrogen-bond acceptors (Lipinski definition) is 0. The predicted molar refractivity (Wildman–Crippen MR) is 188 cm³/mol. The molecule has 0 heterocycles. The van der Waals surface area contributed by atoms with Crippen molar-refractivity contribution >= 4 is 43.1 Å². The van der Waals surface area contributed by atoms with E-state index in [1.54, 1.807) is 0 Å². The van der Waals surface area contributed by atoms with Crippen LogP contribution in [0, 0.1) is 20.8 Å². The summed E-state index contributed by atoms with van der Waals surface area (Å²) >= 11 is 0. The highest BCUT2D eigenvalue weighted by Crippen LogP contribution is 2.37. The normalized spacial score (nSPS) is 11.1. The largest absolute Gasteiger partial charge is 0.0620 e. The van der Waals surface area contributed by atoms with Crippen LogP contribution in [0.5, 0.6) is 0 Å². The maximum atomic E-state index is 2.34. The fourth-order valence-corrected chi connectivity index (χ4v) is 6.32. The molecule has 0 N–H and O–H groups in total. The molecule has 8 aromatic rings. The number of rotatable bonds is 2. The van der Waals surface area contributed by atoms with Gasteiger partial charge in [0.25, 0.3) is 0 Å². The van der Waals surface area contributed by atoms with Crippen LogP contribution in [0.3, 0.4) is 0 Å². The molecular formula is C43H34. The minimum Gasteiger partial charge on any atom is -0.0620 e. The lowest BCUT2D eigenvalue weighted by Crippen LogP contribution is -1.90. The highest BCUT2D eigenvalue weighted by molar-refractivity contribution is 6.09. The van der Waals surface area contributed by atoms with Crippen molar-refractivity contribution in [2.24, 2.45) is 0 Å². The fourth-order valence-electron chi connectivity index (χ4n) is 6.32. The van der Waals surface area contributed by atoms with Gasteiger partial charge >= 0.3 is 0 Å². The summed E-state index contributed by atoms with van der Waals surface area (Å²) in [5, 5.41) is 10.4. The summed E-state index contributed by atoms with van der Waals surface area (Å²) in [4.78, 5) is 0. The second-order valence-electron chi connectivity index (χ2n) is 11.6. The highest BCUT2D eigenvalue weighted by atomic mass is 14.1. The molecule has 206 valence electrons. The van der Waals surface area contributed by atoms with Gasteiger partial charge in [-0.3, -0.25) is 0 Å². The van der Waals surface area contributed by atoms with Crippen molar-refractivity contribution in [1.29, 1.82) is 0 Å². The van der Waals surface area contributed by atoms with E-state index in [1.165, 1.54) is 82.0 Å². The summed E-state index contributed by atoms with van der Waals surface area (Å²) in [6, 6.07) is 54.9. The van der Waals surface area contributed by atoms with E-state index in [1.807, 2.05) is 0 Å². The first-order valence-electron chi connectivity index (χ1n) is 15.0. The summed E-state index contributed by atoms with van der Waals surface area (Å²) in [5.41, 5.74) is 9.13. The first-order chi connectivity index (χ1) is 21.0. The molecule has 0 unspecified atom stereocenters. The minimum atomic E-state index is 1.26. The van der Waals surface area contributed by atoms with Crippen molar-refractivity contribution in [3.8, 4) is 22.3 Å². The zero-order valence-electron chi connectivity index (χ0n) is 24.9. The zero-order chi connectivity index (χ0) is 29.3. The molecule has 0 aromatic heterocycles. The van der Waals surface area contributed by atoms with Crippen LogP contribution in [0.15, 0.2) is 152 Å². The Bertz CT molecular complexity index is 2270. The van der Waals surface area contributed by atoms with Crippen LogP contribution in [-0.4, -0.2) is 0 Å². The van der Waals surface area contributed by atoms with Crippen LogP contribution in [0.25, 0.3) is 65.3 Å². The van der Waals surface area contributed by atoms with Gasteiger partial charge in [0, 0.05) is 0 Å². The van der Waals surface area contributed by atoms with E-state index in [2.05, 4.69) is 172 Å². The average molecular weight is 551 g/mol. The predicted octanol–water partition coefficient (Wildman–Crippen LogP) is 12.2. The van der Waals surface area contributed by atoms with Gasteiger partial charge in [-0.15, -0.1) is 0 Å². The van der Waals surface area contributed by atoms with Gasteiger partial charge in [0.15, 0.2) is 0 Å². The Morgan fingerprint density at radius 1 is 0.326 bits per heavy atom. The second-order valence-corrected chi connectivity index (χ2v) is 11.6. The second kappa shape index (κ2) is 11.2. The monoisotopic (exact) mass is 550 g/mol. The Balaban J connectivity index is 0.000000229. The van der Waals surface area contributed by atoms with E-state index >= 15 is 0 Å². The molecule has 8 aromatic carbocycles. The third-order valence-corrected chi connectivity index (χ3v) is 8.63. The molecule has 8 rings (SSSR count). The third-order valence-electron chi connectivity index (χ3n) is 8.63. The molecule has 0 aliphatic rings. The lowest BCUT2D eigenvalue weighted by atomic mass is 9.90. The van der Waals surface area contributed by atoms with Gasteiger partial charge < -0.3 is 0 Å². The fraction of sp³-hybridized carbons (Fsp3) is 0.0698. The number of hydrogen-bond donors (Lipinski definition) is 0. The van der Waals surface area contributed by atoms with Crippen molar-refractivity contribution in [3.05, 3.63) is 168 Å². The van der Waals surface area contributed by atoms with E-state index in [9.17, 15) is 0 Å². The standard InChI is InChI=1S/C32H24.C11H10/c1-21-7-3-5-9-28(21)32-22(2)11-12-27-19-25(17-18-30(27)32)26-16-15-24-14-13-23-8-4-6-10-29(23)31(24)20-26;1-9-6-7-10-4-2-3-5-11(10)8-9/h3-20H,1-2H3;2-8H,1H3. The molecule has 0 bridgehead atoms. The molecule has 0 atom stereocenters. The van der Waals surface area contributed by atoms with Crippen molar-refractivity contribution in [2.45, 2.75) is 20.8 Å². The highest BCUT2D eigenvalue weighted by Gasteiger charge is 2.11. The Labute approximate surface area is 253 Å². The van der Waals surface area contributed by atoms with E-state index < -0.39 is 0 Å². The van der Waals surface area contributed by atoms with Crippen LogP contribution < -0.4 is 0 Å². The Morgan fingerprint density at radius 3 is 1.77 bits per heavy atom. The number of aryl methyl sites for hydroxylation is 3. The van der Waals surface area contributed by atoms with Crippen LogP contribution >= 0.6 is 0 Å². The number of benzene rings is 8. The van der Waals surface area contributed by atoms with Crippen LogP contribution in [0.4, 0.5) is 0 Å². The van der Waals surface area contributed by atoms with E-state index in [0.717, 1.165) is 0 Å². The summed E-state index contributed by atoms with van der Waals surface area (Å²) in [6.45, 7) is 6.53.